The molecule has 1 N–H and O–H groups in total. The minimum Gasteiger partial charge on any atom is -0.493 e. The van der Waals surface area contributed by atoms with E-state index in [4.69, 9.17) is 9.47 Å². The van der Waals surface area contributed by atoms with Crippen LogP contribution in [0.5, 0.6) is 11.5 Å². The summed E-state index contributed by atoms with van der Waals surface area (Å²) in [5.41, 5.74) is 1.20. The summed E-state index contributed by atoms with van der Waals surface area (Å²) in [6.07, 6.45) is 2.64. The Morgan fingerprint density at radius 1 is 1.35 bits per heavy atom. The Labute approximate surface area is 133 Å². The van der Waals surface area contributed by atoms with E-state index in [1.54, 1.807) is 14.2 Å². The molecule has 0 saturated carbocycles. The third-order valence-electron chi connectivity index (χ3n) is 3.62. The zero-order valence-corrected chi connectivity index (χ0v) is 14.7. The van der Waals surface area contributed by atoms with E-state index >= 15 is 0 Å². The first-order chi connectivity index (χ1) is 9.58. The zero-order valence-electron chi connectivity index (χ0n) is 12.3. The lowest BCUT2D eigenvalue weighted by atomic mass is 10.1. The van der Waals surface area contributed by atoms with Crippen molar-refractivity contribution in [3.63, 3.8) is 0 Å². The largest absolute Gasteiger partial charge is 0.493 e. The van der Waals surface area contributed by atoms with Crippen molar-refractivity contribution >= 4 is 27.7 Å². The zero-order chi connectivity index (χ0) is 14.6. The Morgan fingerprint density at radius 2 is 2.15 bits per heavy atom. The second-order valence-corrected chi connectivity index (χ2v) is 7.86. The van der Waals surface area contributed by atoms with Crippen LogP contribution in [-0.4, -0.2) is 31.3 Å². The average molecular weight is 360 g/mol. The number of methoxy groups -OCH3 is 2. The molecule has 0 spiro atoms. The van der Waals surface area contributed by atoms with Crippen LogP contribution < -0.4 is 14.8 Å². The number of thioether (sulfide) groups is 1. The van der Waals surface area contributed by atoms with Crippen LogP contribution in [0.3, 0.4) is 0 Å². The van der Waals surface area contributed by atoms with Gasteiger partial charge in [0.1, 0.15) is 0 Å². The van der Waals surface area contributed by atoms with Gasteiger partial charge in [-0.15, -0.1) is 0 Å². The van der Waals surface area contributed by atoms with Gasteiger partial charge in [-0.1, -0.05) is 0 Å². The summed E-state index contributed by atoms with van der Waals surface area (Å²) >= 11 is 5.61. The minimum absolute atomic E-state index is 0.397. The van der Waals surface area contributed by atoms with Gasteiger partial charge in [0.15, 0.2) is 11.5 Å². The molecule has 0 bridgehead atoms. The smallest absolute Gasteiger partial charge is 0.174 e. The normalized spacial score (nSPS) is 22.0. The molecule has 1 aromatic rings. The van der Waals surface area contributed by atoms with Crippen LogP contribution >= 0.6 is 27.7 Å². The molecule has 1 aliphatic heterocycles. The number of ether oxygens (including phenoxy) is 2. The van der Waals surface area contributed by atoms with Gasteiger partial charge in [0, 0.05) is 17.8 Å². The van der Waals surface area contributed by atoms with Gasteiger partial charge in [-0.05, 0) is 59.1 Å². The van der Waals surface area contributed by atoms with Crippen LogP contribution in [0, 0.1) is 0 Å². The molecule has 112 valence electrons. The van der Waals surface area contributed by atoms with E-state index in [1.807, 2.05) is 6.07 Å². The lowest BCUT2D eigenvalue weighted by Gasteiger charge is -2.23. The number of benzene rings is 1. The molecule has 0 aromatic heterocycles. The Hall–Kier alpha value is -0.390. The van der Waals surface area contributed by atoms with E-state index in [0.29, 0.717) is 4.75 Å². The Morgan fingerprint density at radius 3 is 2.75 bits per heavy atom. The molecule has 1 unspecified atom stereocenters. The van der Waals surface area contributed by atoms with Crippen LogP contribution in [0.4, 0.5) is 0 Å². The van der Waals surface area contributed by atoms with Crippen LogP contribution in [0.1, 0.15) is 25.3 Å². The molecule has 5 heteroatoms. The molecule has 1 heterocycles. The molecule has 0 radical (unpaired) electrons. The highest BCUT2D eigenvalue weighted by Crippen LogP contribution is 2.38. The topological polar surface area (TPSA) is 30.5 Å². The van der Waals surface area contributed by atoms with E-state index < -0.39 is 0 Å². The van der Waals surface area contributed by atoms with E-state index in [0.717, 1.165) is 29.1 Å². The van der Waals surface area contributed by atoms with Crippen molar-refractivity contribution < 1.29 is 9.47 Å². The molecular weight excluding hydrogens is 338 g/mol. The molecular formula is C15H22BrNO2S. The van der Waals surface area contributed by atoms with Gasteiger partial charge in [-0.2, -0.15) is 11.8 Å². The summed E-state index contributed by atoms with van der Waals surface area (Å²) in [6.45, 7) is 4.24. The highest BCUT2D eigenvalue weighted by Gasteiger charge is 2.28. The predicted octanol–water partition coefficient (Wildman–Crippen LogP) is 3.84. The van der Waals surface area contributed by atoms with Crippen molar-refractivity contribution in [1.82, 2.24) is 5.32 Å². The molecule has 2 rings (SSSR count). The second-order valence-electron chi connectivity index (χ2n) is 5.32. The van der Waals surface area contributed by atoms with Crippen molar-refractivity contribution in [2.75, 3.05) is 26.5 Å². The SMILES string of the molecule is COc1cc(CNCC2(C)CCCS2)cc(Br)c1OC. The van der Waals surface area contributed by atoms with E-state index in [2.05, 4.69) is 46.0 Å². The van der Waals surface area contributed by atoms with Crippen LogP contribution in [0.2, 0.25) is 0 Å². The summed E-state index contributed by atoms with van der Waals surface area (Å²) < 4.78 is 12.0. The summed E-state index contributed by atoms with van der Waals surface area (Å²) in [4.78, 5) is 0. The third kappa shape index (κ3) is 3.83. The lowest BCUT2D eigenvalue weighted by Crippen LogP contribution is -2.32. The summed E-state index contributed by atoms with van der Waals surface area (Å²) in [5.74, 6) is 2.80. The van der Waals surface area contributed by atoms with Gasteiger partial charge in [0.2, 0.25) is 0 Å². The maximum Gasteiger partial charge on any atom is 0.174 e. The quantitative estimate of drug-likeness (QED) is 0.835. The Balaban J connectivity index is 1.97. The maximum atomic E-state index is 5.37. The molecule has 1 aromatic carbocycles. The first-order valence-corrected chi connectivity index (χ1v) is 8.61. The van der Waals surface area contributed by atoms with Crippen molar-refractivity contribution in [3.8, 4) is 11.5 Å². The molecule has 1 fully saturated rings. The summed E-state index contributed by atoms with van der Waals surface area (Å²) in [7, 11) is 3.32. The minimum atomic E-state index is 0.397. The van der Waals surface area contributed by atoms with Crippen molar-refractivity contribution in [1.29, 1.82) is 0 Å². The fourth-order valence-electron chi connectivity index (χ4n) is 2.52. The van der Waals surface area contributed by atoms with Crippen molar-refractivity contribution in [2.45, 2.75) is 31.1 Å². The average Bonchev–Trinajstić information content (AvgIpc) is 2.85. The van der Waals surface area contributed by atoms with Gasteiger partial charge in [-0.25, -0.2) is 0 Å². The maximum absolute atomic E-state index is 5.37. The molecule has 1 saturated heterocycles. The van der Waals surface area contributed by atoms with Gasteiger partial charge in [0.05, 0.1) is 18.7 Å². The fourth-order valence-corrected chi connectivity index (χ4v) is 4.45. The van der Waals surface area contributed by atoms with Gasteiger partial charge in [0.25, 0.3) is 0 Å². The summed E-state index contributed by atoms with van der Waals surface area (Å²) in [5, 5.41) is 3.56. The van der Waals surface area contributed by atoms with E-state index in [1.165, 1.54) is 24.2 Å². The molecule has 20 heavy (non-hydrogen) atoms. The third-order valence-corrected chi connectivity index (χ3v) is 5.75. The van der Waals surface area contributed by atoms with E-state index in [9.17, 15) is 0 Å². The standard InChI is InChI=1S/C15H22BrNO2S/c1-15(5-4-6-20-15)10-17-9-11-7-12(16)14(19-3)13(8-11)18-2/h7-8,17H,4-6,9-10H2,1-3H3. The number of halogens is 1. The number of rotatable bonds is 6. The molecule has 1 aliphatic rings. The Bertz CT molecular complexity index is 461. The highest BCUT2D eigenvalue weighted by molar-refractivity contribution is 9.10. The van der Waals surface area contributed by atoms with Gasteiger partial charge in [-0.3, -0.25) is 0 Å². The first kappa shape index (κ1) is 16.0. The molecule has 0 aliphatic carbocycles. The monoisotopic (exact) mass is 359 g/mol. The second kappa shape index (κ2) is 7.05. The van der Waals surface area contributed by atoms with Crippen LogP contribution in [0.25, 0.3) is 0 Å². The first-order valence-electron chi connectivity index (χ1n) is 6.83. The van der Waals surface area contributed by atoms with Gasteiger partial charge < -0.3 is 14.8 Å². The lowest BCUT2D eigenvalue weighted by molar-refractivity contribution is 0.352. The molecule has 0 amide bonds. The van der Waals surface area contributed by atoms with Crippen molar-refractivity contribution in [3.05, 3.63) is 22.2 Å². The summed E-state index contributed by atoms with van der Waals surface area (Å²) in [6, 6.07) is 4.11. The number of hydrogen-bond donors (Lipinski definition) is 1. The number of hydrogen-bond acceptors (Lipinski definition) is 4. The van der Waals surface area contributed by atoms with Crippen LogP contribution in [-0.2, 0) is 6.54 Å². The highest BCUT2D eigenvalue weighted by atomic mass is 79.9. The number of nitrogens with one attached hydrogen (secondary N) is 1. The Kier molecular flexibility index (Phi) is 5.64. The molecule has 3 nitrogen and oxygen atoms in total. The fraction of sp³-hybridized carbons (Fsp3) is 0.600. The van der Waals surface area contributed by atoms with E-state index in [-0.39, 0.29) is 0 Å². The predicted molar refractivity (Wildman–Crippen MR) is 89.0 cm³/mol. The molecule has 1 atom stereocenters. The van der Waals surface area contributed by atoms with Crippen LogP contribution in [0.15, 0.2) is 16.6 Å². The van der Waals surface area contributed by atoms with Gasteiger partial charge >= 0.3 is 0 Å². The van der Waals surface area contributed by atoms with Crippen molar-refractivity contribution in [2.24, 2.45) is 0 Å².